The minimum absolute atomic E-state index is 0.195. The molecule has 2 atom stereocenters. The Morgan fingerprint density at radius 3 is 2.89 bits per heavy atom. The molecule has 98 valence electrons. The molecule has 18 heavy (non-hydrogen) atoms. The summed E-state index contributed by atoms with van der Waals surface area (Å²) in [5, 5.41) is 18.7. The number of aromatic nitrogens is 2. The lowest BCUT2D eigenvalue weighted by Crippen LogP contribution is -2.36. The Morgan fingerprint density at radius 1 is 1.56 bits per heavy atom. The summed E-state index contributed by atoms with van der Waals surface area (Å²) in [4.78, 5) is 20.9. The molecule has 0 bridgehead atoms. The van der Waals surface area contributed by atoms with Crippen LogP contribution in [0.15, 0.2) is 6.07 Å². The number of aliphatic hydroxyl groups excluding tert-OH is 1. The van der Waals surface area contributed by atoms with Crippen LogP contribution in [0.2, 0.25) is 0 Å². The first kappa shape index (κ1) is 12.6. The van der Waals surface area contributed by atoms with Gasteiger partial charge in [-0.3, -0.25) is 0 Å². The fourth-order valence-electron chi connectivity index (χ4n) is 2.08. The molecule has 2 rings (SSSR count). The second kappa shape index (κ2) is 4.77. The molecular weight excluding hydrogens is 238 g/mol. The Bertz CT molecular complexity index is 466. The van der Waals surface area contributed by atoms with E-state index in [1.54, 1.807) is 17.9 Å². The number of β-amino-alcohol motifs (C(OH)–C–C–N with tert-alkyl or cyclic N) is 1. The minimum atomic E-state index is -0.971. The third kappa shape index (κ3) is 2.35. The van der Waals surface area contributed by atoms with Crippen molar-refractivity contribution in [3.63, 3.8) is 0 Å². The number of nitrogens with zero attached hydrogens (tertiary/aromatic N) is 3. The molecule has 0 spiro atoms. The van der Waals surface area contributed by atoms with Gasteiger partial charge >= 0.3 is 5.97 Å². The van der Waals surface area contributed by atoms with Crippen LogP contribution < -0.4 is 9.64 Å². The number of carboxylic acid groups (broad SMARTS) is 1. The Balaban J connectivity index is 2.35. The van der Waals surface area contributed by atoms with Gasteiger partial charge in [0, 0.05) is 19.0 Å². The highest BCUT2D eigenvalue weighted by atomic mass is 16.5. The van der Waals surface area contributed by atoms with Crippen LogP contribution in [-0.4, -0.2) is 52.0 Å². The fraction of sp³-hybridized carbons (Fsp3) is 0.545. The summed E-state index contributed by atoms with van der Waals surface area (Å²) in [6, 6.07) is 0.806. The van der Waals surface area contributed by atoms with Crippen molar-refractivity contribution >= 4 is 11.8 Å². The van der Waals surface area contributed by atoms with Crippen LogP contribution in [-0.2, 0) is 4.79 Å². The van der Waals surface area contributed by atoms with Gasteiger partial charge in [0.05, 0.1) is 13.2 Å². The van der Waals surface area contributed by atoms with Crippen molar-refractivity contribution in [2.24, 2.45) is 0 Å². The highest BCUT2D eigenvalue weighted by Crippen LogP contribution is 2.26. The summed E-state index contributed by atoms with van der Waals surface area (Å²) in [6.45, 7) is 1.95. The smallest absolute Gasteiger partial charge is 0.326 e. The quantitative estimate of drug-likeness (QED) is 0.771. The van der Waals surface area contributed by atoms with E-state index in [0.29, 0.717) is 17.5 Å². The zero-order valence-corrected chi connectivity index (χ0v) is 10.2. The minimum Gasteiger partial charge on any atom is -0.481 e. The topological polar surface area (TPSA) is 95.8 Å². The molecule has 1 aromatic rings. The molecule has 2 heterocycles. The first-order valence-electron chi connectivity index (χ1n) is 5.58. The van der Waals surface area contributed by atoms with Crippen molar-refractivity contribution in [3.05, 3.63) is 11.9 Å². The van der Waals surface area contributed by atoms with Gasteiger partial charge in [-0.2, -0.15) is 4.98 Å². The zero-order valence-electron chi connectivity index (χ0n) is 10.2. The third-order valence-electron chi connectivity index (χ3n) is 2.87. The average molecular weight is 253 g/mol. The number of ether oxygens (including phenoxy) is 1. The summed E-state index contributed by atoms with van der Waals surface area (Å²) in [7, 11) is 1.49. The number of carbonyl (C=O) groups is 1. The highest BCUT2D eigenvalue weighted by molar-refractivity contribution is 5.78. The van der Waals surface area contributed by atoms with Gasteiger partial charge < -0.3 is 19.8 Å². The van der Waals surface area contributed by atoms with Crippen LogP contribution in [0.1, 0.15) is 12.2 Å². The molecule has 2 unspecified atom stereocenters. The molecule has 7 nitrogen and oxygen atoms in total. The average Bonchev–Trinajstić information content (AvgIpc) is 2.70. The molecule has 1 fully saturated rings. The van der Waals surface area contributed by atoms with Crippen LogP contribution in [0.3, 0.4) is 0 Å². The molecule has 1 aliphatic rings. The van der Waals surface area contributed by atoms with Crippen LogP contribution in [0.4, 0.5) is 5.82 Å². The number of rotatable bonds is 3. The van der Waals surface area contributed by atoms with Crippen molar-refractivity contribution in [2.45, 2.75) is 25.5 Å². The molecule has 0 aromatic carbocycles. The Labute approximate surface area is 104 Å². The van der Waals surface area contributed by atoms with E-state index in [0.717, 1.165) is 0 Å². The van der Waals surface area contributed by atoms with Crippen molar-refractivity contribution in [3.8, 4) is 5.88 Å². The van der Waals surface area contributed by atoms with E-state index >= 15 is 0 Å². The molecule has 1 saturated heterocycles. The Kier molecular flexibility index (Phi) is 3.33. The maximum atomic E-state index is 11.1. The van der Waals surface area contributed by atoms with Crippen molar-refractivity contribution in [1.82, 2.24) is 9.97 Å². The van der Waals surface area contributed by atoms with Gasteiger partial charge in [-0.1, -0.05) is 0 Å². The maximum absolute atomic E-state index is 11.1. The lowest BCUT2D eigenvalue weighted by Gasteiger charge is -2.22. The summed E-state index contributed by atoms with van der Waals surface area (Å²) >= 11 is 0. The third-order valence-corrected chi connectivity index (χ3v) is 2.87. The van der Waals surface area contributed by atoms with Gasteiger partial charge in [0.2, 0.25) is 5.88 Å². The zero-order chi connectivity index (χ0) is 13.3. The summed E-state index contributed by atoms with van der Waals surface area (Å²) in [5.41, 5.74) is 0. The molecule has 0 saturated carbocycles. The van der Waals surface area contributed by atoms with Crippen LogP contribution in [0.5, 0.6) is 5.88 Å². The molecule has 0 aliphatic carbocycles. The normalized spacial score (nSPS) is 23.2. The maximum Gasteiger partial charge on any atom is 0.326 e. The fourth-order valence-corrected chi connectivity index (χ4v) is 2.08. The van der Waals surface area contributed by atoms with E-state index in [1.807, 2.05) is 0 Å². The van der Waals surface area contributed by atoms with Gasteiger partial charge in [-0.05, 0) is 6.92 Å². The van der Waals surface area contributed by atoms with Gasteiger partial charge in [0.25, 0.3) is 0 Å². The molecule has 1 aromatic heterocycles. The number of carboxylic acids is 1. The highest BCUT2D eigenvalue weighted by Gasteiger charge is 2.37. The predicted octanol–water partition coefficient (Wildman–Crippen LogP) is -0.182. The van der Waals surface area contributed by atoms with E-state index in [9.17, 15) is 9.90 Å². The van der Waals surface area contributed by atoms with Crippen LogP contribution in [0, 0.1) is 6.92 Å². The number of hydrogen-bond acceptors (Lipinski definition) is 6. The molecule has 1 aliphatic heterocycles. The number of aliphatic carboxylic acids is 1. The molecule has 2 N–H and O–H groups in total. The summed E-state index contributed by atoms with van der Waals surface area (Å²) in [5.74, 6) is 0.364. The van der Waals surface area contributed by atoms with Gasteiger partial charge in [0.15, 0.2) is 0 Å². The van der Waals surface area contributed by atoms with Crippen molar-refractivity contribution in [1.29, 1.82) is 0 Å². The lowest BCUT2D eigenvalue weighted by atomic mass is 10.2. The number of anilines is 1. The first-order valence-corrected chi connectivity index (χ1v) is 5.58. The second-order valence-corrected chi connectivity index (χ2v) is 4.21. The van der Waals surface area contributed by atoms with Gasteiger partial charge in [-0.25, -0.2) is 9.78 Å². The SMILES string of the molecule is COc1cc(N2CC(O)CC2C(=O)O)nc(C)n1. The van der Waals surface area contributed by atoms with Gasteiger partial charge in [-0.15, -0.1) is 0 Å². The largest absolute Gasteiger partial charge is 0.481 e. The lowest BCUT2D eigenvalue weighted by molar-refractivity contribution is -0.138. The number of hydrogen-bond donors (Lipinski definition) is 2. The molecule has 7 heteroatoms. The second-order valence-electron chi connectivity index (χ2n) is 4.21. The number of methoxy groups -OCH3 is 1. The van der Waals surface area contributed by atoms with E-state index in [1.165, 1.54) is 7.11 Å². The summed E-state index contributed by atoms with van der Waals surface area (Å²) in [6.07, 6.45) is -0.465. The van der Waals surface area contributed by atoms with Crippen LogP contribution >= 0.6 is 0 Å². The van der Waals surface area contributed by atoms with Crippen molar-refractivity contribution < 1.29 is 19.7 Å². The van der Waals surface area contributed by atoms with E-state index < -0.39 is 18.1 Å². The number of aryl methyl sites for hydroxylation is 1. The molecule has 0 amide bonds. The van der Waals surface area contributed by atoms with Gasteiger partial charge in [0.1, 0.15) is 17.7 Å². The molecular formula is C11H15N3O4. The molecule has 0 radical (unpaired) electrons. The monoisotopic (exact) mass is 253 g/mol. The van der Waals surface area contributed by atoms with E-state index in [4.69, 9.17) is 9.84 Å². The van der Waals surface area contributed by atoms with Crippen molar-refractivity contribution in [2.75, 3.05) is 18.6 Å². The predicted molar refractivity (Wildman–Crippen MR) is 62.7 cm³/mol. The standard InChI is InChI=1S/C11H15N3O4/c1-6-12-9(4-10(13-6)18-2)14-5-7(15)3-8(14)11(16)17/h4,7-8,15H,3,5H2,1-2H3,(H,16,17). The Hall–Kier alpha value is -1.89. The Morgan fingerprint density at radius 2 is 2.28 bits per heavy atom. The number of aliphatic hydroxyl groups is 1. The van der Waals surface area contributed by atoms with Crippen LogP contribution in [0.25, 0.3) is 0 Å². The first-order chi connectivity index (χ1) is 8.51. The van der Waals surface area contributed by atoms with E-state index in [2.05, 4.69) is 9.97 Å². The van der Waals surface area contributed by atoms with E-state index in [-0.39, 0.29) is 13.0 Å². The summed E-state index contributed by atoms with van der Waals surface area (Å²) < 4.78 is 5.03.